The van der Waals surface area contributed by atoms with Crippen molar-refractivity contribution in [3.63, 3.8) is 0 Å². The summed E-state index contributed by atoms with van der Waals surface area (Å²) < 4.78 is 11.8. The summed E-state index contributed by atoms with van der Waals surface area (Å²) in [5.74, 6) is 0.969. The van der Waals surface area contributed by atoms with Crippen LogP contribution in [-0.2, 0) is 13.1 Å². The first-order valence-electron chi connectivity index (χ1n) is 6.02. The van der Waals surface area contributed by atoms with Gasteiger partial charge in [-0.15, -0.1) is 5.10 Å². The summed E-state index contributed by atoms with van der Waals surface area (Å²) in [6, 6.07) is 5.04. The van der Waals surface area contributed by atoms with E-state index in [1.54, 1.807) is 31.5 Å². The van der Waals surface area contributed by atoms with E-state index >= 15 is 0 Å². The molecule has 1 heterocycles. The molecule has 0 fully saturated rings. The Bertz CT molecular complexity index is 609. The molecule has 2 N–H and O–H groups in total. The molecule has 0 unspecified atom stereocenters. The Hall–Kier alpha value is -2.41. The molecule has 106 valence electrons. The second-order valence-electron chi connectivity index (χ2n) is 4.10. The minimum atomic E-state index is -0.127. The summed E-state index contributed by atoms with van der Waals surface area (Å²) in [7, 11) is 3.06. The van der Waals surface area contributed by atoms with E-state index in [9.17, 15) is 4.79 Å². The zero-order chi connectivity index (χ0) is 14.5. The highest BCUT2D eigenvalue weighted by atomic mass is 16.5. The van der Waals surface area contributed by atoms with Gasteiger partial charge in [-0.25, -0.2) is 4.68 Å². The molecule has 0 aliphatic rings. The van der Waals surface area contributed by atoms with Gasteiger partial charge in [-0.05, 0) is 12.1 Å². The maximum atomic E-state index is 12.3. The van der Waals surface area contributed by atoms with Gasteiger partial charge < -0.3 is 15.2 Å². The monoisotopic (exact) mass is 276 g/mol. The fourth-order valence-electron chi connectivity index (χ4n) is 1.77. The van der Waals surface area contributed by atoms with Gasteiger partial charge in [-0.2, -0.15) is 0 Å². The molecule has 2 aromatic rings. The van der Waals surface area contributed by atoms with Crippen molar-refractivity contribution >= 4 is 5.78 Å². The lowest BCUT2D eigenvalue weighted by Gasteiger charge is -2.09. The number of hydrogen-bond acceptors (Lipinski definition) is 6. The van der Waals surface area contributed by atoms with Crippen molar-refractivity contribution in [2.75, 3.05) is 14.2 Å². The van der Waals surface area contributed by atoms with E-state index in [4.69, 9.17) is 15.2 Å². The molecule has 1 aromatic heterocycles. The third-order valence-electron chi connectivity index (χ3n) is 2.81. The Kier molecular flexibility index (Phi) is 4.31. The van der Waals surface area contributed by atoms with E-state index in [-0.39, 0.29) is 12.3 Å². The molecule has 20 heavy (non-hydrogen) atoms. The third kappa shape index (κ3) is 2.94. The Morgan fingerprint density at radius 1 is 1.35 bits per heavy atom. The zero-order valence-electron chi connectivity index (χ0n) is 11.4. The van der Waals surface area contributed by atoms with Crippen LogP contribution in [0.2, 0.25) is 0 Å². The van der Waals surface area contributed by atoms with Crippen molar-refractivity contribution in [3.05, 3.63) is 35.7 Å². The van der Waals surface area contributed by atoms with E-state index in [1.807, 2.05) is 0 Å². The summed E-state index contributed by atoms with van der Waals surface area (Å²) in [4.78, 5) is 12.3. The van der Waals surface area contributed by atoms with Crippen LogP contribution in [0.1, 0.15) is 16.1 Å². The molecular formula is C13H16N4O3. The van der Waals surface area contributed by atoms with Gasteiger partial charge in [0.2, 0.25) is 0 Å². The Balaban J connectivity index is 2.20. The van der Waals surface area contributed by atoms with E-state index in [2.05, 4.69) is 10.3 Å². The van der Waals surface area contributed by atoms with Crippen molar-refractivity contribution in [1.29, 1.82) is 0 Å². The number of ether oxygens (including phenoxy) is 2. The number of carbonyl (C=O) groups is 1. The minimum absolute atomic E-state index is 0.0791. The summed E-state index contributed by atoms with van der Waals surface area (Å²) in [5.41, 5.74) is 6.56. The van der Waals surface area contributed by atoms with Crippen molar-refractivity contribution in [1.82, 2.24) is 15.0 Å². The molecule has 0 aliphatic heterocycles. The number of rotatable bonds is 6. The van der Waals surface area contributed by atoms with E-state index < -0.39 is 0 Å². The fraction of sp³-hybridized carbons (Fsp3) is 0.308. The lowest BCUT2D eigenvalue weighted by atomic mass is 10.1. The van der Waals surface area contributed by atoms with Gasteiger partial charge in [0.15, 0.2) is 5.78 Å². The number of aromatic nitrogens is 3. The molecule has 0 radical (unpaired) electrons. The maximum Gasteiger partial charge on any atom is 0.188 e. The number of ketones is 1. The van der Waals surface area contributed by atoms with Crippen LogP contribution in [0.3, 0.4) is 0 Å². The SMILES string of the molecule is COc1ccc(C(=O)Cn2cc(CN)nn2)c(OC)c1. The zero-order valence-corrected chi connectivity index (χ0v) is 11.4. The van der Waals surface area contributed by atoms with E-state index in [0.29, 0.717) is 29.3 Å². The predicted octanol–water partition coefficient (Wildman–Crippen LogP) is 0.637. The first kappa shape index (κ1) is 14.0. The molecule has 0 spiro atoms. The highest BCUT2D eigenvalue weighted by Gasteiger charge is 2.14. The van der Waals surface area contributed by atoms with E-state index in [1.165, 1.54) is 11.8 Å². The Morgan fingerprint density at radius 3 is 2.75 bits per heavy atom. The van der Waals surface area contributed by atoms with Crippen LogP contribution in [0.5, 0.6) is 11.5 Å². The summed E-state index contributed by atoms with van der Waals surface area (Å²) in [6.45, 7) is 0.371. The van der Waals surface area contributed by atoms with Gasteiger partial charge in [-0.3, -0.25) is 4.79 Å². The Morgan fingerprint density at radius 2 is 2.15 bits per heavy atom. The molecule has 2 rings (SSSR count). The topological polar surface area (TPSA) is 92.3 Å². The number of methoxy groups -OCH3 is 2. The molecule has 7 heteroatoms. The lowest BCUT2D eigenvalue weighted by Crippen LogP contribution is -2.12. The molecule has 0 amide bonds. The maximum absolute atomic E-state index is 12.3. The first-order valence-corrected chi connectivity index (χ1v) is 6.02. The van der Waals surface area contributed by atoms with Crippen LogP contribution in [0, 0.1) is 0 Å². The standard InChI is InChI=1S/C13H16N4O3/c1-19-10-3-4-11(13(5-10)20-2)12(18)8-17-7-9(6-14)15-16-17/h3-5,7H,6,8,14H2,1-2H3. The number of nitrogens with two attached hydrogens (primary N) is 1. The third-order valence-corrected chi connectivity index (χ3v) is 2.81. The summed E-state index contributed by atoms with van der Waals surface area (Å²) in [5, 5.41) is 7.68. The smallest absolute Gasteiger partial charge is 0.188 e. The number of nitrogens with zero attached hydrogens (tertiary/aromatic N) is 3. The normalized spacial score (nSPS) is 10.3. The molecule has 0 saturated carbocycles. The van der Waals surface area contributed by atoms with Gasteiger partial charge in [-0.1, -0.05) is 5.21 Å². The lowest BCUT2D eigenvalue weighted by molar-refractivity contribution is 0.0964. The van der Waals surface area contributed by atoms with Crippen LogP contribution in [0.25, 0.3) is 0 Å². The average Bonchev–Trinajstić information content (AvgIpc) is 2.94. The molecule has 0 atom stereocenters. The van der Waals surface area contributed by atoms with Gasteiger partial charge in [0.25, 0.3) is 0 Å². The van der Waals surface area contributed by atoms with Crippen LogP contribution in [0.15, 0.2) is 24.4 Å². The van der Waals surface area contributed by atoms with Gasteiger partial charge in [0.05, 0.1) is 31.7 Å². The minimum Gasteiger partial charge on any atom is -0.497 e. The van der Waals surface area contributed by atoms with Gasteiger partial charge in [0.1, 0.15) is 18.0 Å². The highest BCUT2D eigenvalue weighted by Crippen LogP contribution is 2.25. The van der Waals surface area contributed by atoms with Gasteiger partial charge >= 0.3 is 0 Å². The number of benzene rings is 1. The van der Waals surface area contributed by atoms with Crippen molar-refractivity contribution in [3.8, 4) is 11.5 Å². The first-order chi connectivity index (χ1) is 9.67. The second-order valence-corrected chi connectivity index (χ2v) is 4.10. The van der Waals surface area contributed by atoms with Crippen LogP contribution >= 0.6 is 0 Å². The Labute approximate surface area is 116 Å². The predicted molar refractivity (Wildman–Crippen MR) is 71.8 cm³/mol. The molecule has 0 saturated heterocycles. The van der Waals surface area contributed by atoms with Crippen molar-refractivity contribution < 1.29 is 14.3 Å². The summed E-state index contributed by atoms with van der Waals surface area (Å²) >= 11 is 0. The fourth-order valence-corrected chi connectivity index (χ4v) is 1.77. The molecular weight excluding hydrogens is 260 g/mol. The highest BCUT2D eigenvalue weighted by molar-refractivity contribution is 5.98. The molecule has 0 bridgehead atoms. The quantitative estimate of drug-likeness (QED) is 0.778. The molecule has 0 aliphatic carbocycles. The molecule has 1 aromatic carbocycles. The van der Waals surface area contributed by atoms with Crippen LogP contribution < -0.4 is 15.2 Å². The van der Waals surface area contributed by atoms with Crippen LogP contribution in [-0.4, -0.2) is 35.0 Å². The van der Waals surface area contributed by atoms with Crippen molar-refractivity contribution in [2.24, 2.45) is 5.73 Å². The van der Waals surface area contributed by atoms with Crippen LogP contribution in [0.4, 0.5) is 0 Å². The van der Waals surface area contributed by atoms with Gasteiger partial charge in [0, 0.05) is 12.6 Å². The average molecular weight is 276 g/mol. The second kappa shape index (κ2) is 6.16. The van der Waals surface area contributed by atoms with Crippen molar-refractivity contribution in [2.45, 2.75) is 13.1 Å². The largest absolute Gasteiger partial charge is 0.497 e. The number of Topliss-reactive ketones (excluding diaryl/α,β-unsaturated/α-hetero) is 1. The number of hydrogen-bond donors (Lipinski definition) is 1. The molecule has 7 nitrogen and oxygen atoms in total. The summed E-state index contributed by atoms with van der Waals surface area (Å²) in [6.07, 6.45) is 1.65. The van der Waals surface area contributed by atoms with E-state index in [0.717, 1.165) is 0 Å². The number of carbonyl (C=O) groups excluding carboxylic acids is 1.